The van der Waals surface area contributed by atoms with Crippen LogP contribution in [0.1, 0.15) is 10.4 Å². The molecule has 0 bridgehead atoms. The molecule has 1 unspecified atom stereocenters. The van der Waals surface area contributed by atoms with Gasteiger partial charge in [0.25, 0.3) is 0 Å². The molecule has 1 atom stereocenters. The molecule has 0 aliphatic carbocycles. The van der Waals surface area contributed by atoms with Gasteiger partial charge in [0.15, 0.2) is 11.5 Å². The summed E-state index contributed by atoms with van der Waals surface area (Å²) in [7, 11) is 0. The largest absolute Gasteiger partial charge is 0.595 e. The van der Waals surface area contributed by atoms with Gasteiger partial charge >= 0.3 is 0 Å². The van der Waals surface area contributed by atoms with E-state index in [-0.39, 0.29) is 18.0 Å². The molecule has 0 amide bonds. The zero-order valence-corrected chi connectivity index (χ0v) is 10.2. The molecule has 2 aromatic carbocycles. The normalized spacial score (nSPS) is 11.9. The smallest absolute Gasteiger partial charge is 0.181 e. The highest BCUT2D eigenvalue weighted by Crippen LogP contribution is 2.11. The Bertz CT molecular complexity index is 556. The average Bonchev–Trinajstić information content (AvgIpc) is 2.46. The molecule has 0 heterocycles. The number of hydrogen-bond acceptors (Lipinski definition) is 4. The summed E-state index contributed by atoms with van der Waals surface area (Å²) >= 11 is 0. The van der Waals surface area contributed by atoms with Crippen molar-refractivity contribution < 1.29 is 15.2 Å². The number of anilines is 1. The first-order chi connectivity index (χ1) is 9.16. The standard InChI is InChI=1S/C14H14N2O3/c17-14(11-5-2-1-3-6-11)10-15-12-7-4-8-13(9-12)16(18)19/h1-9,15-16,18H,10H2. The molecule has 0 saturated heterocycles. The molecule has 5 heteroatoms. The van der Waals surface area contributed by atoms with Crippen molar-refractivity contribution in [3.05, 3.63) is 65.4 Å². The lowest BCUT2D eigenvalue weighted by atomic mass is 10.1. The number of ketones is 1. The van der Waals surface area contributed by atoms with Crippen LogP contribution in [0.2, 0.25) is 0 Å². The topological polar surface area (TPSA) is 76.8 Å². The van der Waals surface area contributed by atoms with E-state index in [1.807, 2.05) is 6.07 Å². The molecule has 5 nitrogen and oxygen atoms in total. The molecule has 19 heavy (non-hydrogen) atoms. The number of benzene rings is 2. The quantitative estimate of drug-likeness (QED) is 0.559. The van der Waals surface area contributed by atoms with Crippen LogP contribution in [-0.4, -0.2) is 17.5 Å². The van der Waals surface area contributed by atoms with Crippen LogP contribution in [0, 0.1) is 5.21 Å². The maximum atomic E-state index is 11.9. The first kappa shape index (κ1) is 13.2. The van der Waals surface area contributed by atoms with Crippen LogP contribution in [0.3, 0.4) is 0 Å². The van der Waals surface area contributed by atoms with Crippen LogP contribution in [0.4, 0.5) is 11.4 Å². The van der Waals surface area contributed by atoms with E-state index >= 15 is 0 Å². The molecule has 0 aliphatic heterocycles. The fraction of sp³-hybridized carbons (Fsp3) is 0.0714. The molecular weight excluding hydrogens is 244 g/mol. The predicted molar refractivity (Wildman–Crippen MR) is 71.5 cm³/mol. The van der Waals surface area contributed by atoms with Crippen LogP contribution in [0.25, 0.3) is 0 Å². The van der Waals surface area contributed by atoms with Crippen LogP contribution >= 0.6 is 0 Å². The highest BCUT2D eigenvalue weighted by Gasteiger charge is 2.06. The predicted octanol–water partition coefficient (Wildman–Crippen LogP) is 1.38. The Morgan fingerprint density at radius 1 is 1.16 bits per heavy atom. The van der Waals surface area contributed by atoms with Gasteiger partial charge in [-0.25, -0.2) is 5.21 Å². The van der Waals surface area contributed by atoms with E-state index in [1.54, 1.807) is 36.4 Å². The highest BCUT2D eigenvalue weighted by atomic mass is 16.8. The average molecular weight is 258 g/mol. The molecule has 0 radical (unpaired) electrons. The number of hydrogen-bond donors (Lipinski definition) is 3. The van der Waals surface area contributed by atoms with Gasteiger partial charge in [0.05, 0.1) is 6.54 Å². The molecular formula is C14H14N2O3. The van der Waals surface area contributed by atoms with Crippen LogP contribution in [0.5, 0.6) is 0 Å². The van der Waals surface area contributed by atoms with Gasteiger partial charge in [-0.3, -0.25) is 4.79 Å². The van der Waals surface area contributed by atoms with Crippen LogP contribution in [0.15, 0.2) is 54.6 Å². The zero-order chi connectivity index (χ0) is 13.7. The van der Waals surface area contributed by atoms with Gasteiger partial charge in [-0.05, 0) is 6.07 Å². The third-order valence-electron chi connectivity index (χ3n) is 2.66. The molecule has 98 valence electrons. The lowest BCUT2D eigenvalue weighted by Crippen LogP contribution is -2.99. The summed E-state index contributed by atoms with van der Waals surface area (Å²) < 4.78 is 0. The number of carbonyl (C=O) groups excluding carboxylic acids is 1. The lowest BCUT2D eigenvalue weighted by molar-refractivity contribution is -0.991. The molecule has 0 saturated carbocycles. The molecule has 0 fully saturated rings. The molecule has 2 aromatic rings. The summed E-state index contributed by atoms with van der Waals surface area (Å²) in [5.74, 6) is -0.0404. The van der Waals surface area contributed by atoms with Crippen LogP contribution < -0.4 is 10.5 Å². The summed E-state index contributed by atoms with van der Waals surface area (Å²) in [5.41, 5.74) is 1.44. The van der Waals surface area contributed by atoms with Gasteiger partial charge in [0.2, 0.25) is 0 Å². The third kappa shape index (κ3) is 3.62. The molecule has 2 rings (SSSR count). The van der Waals surface area contributed by atoms with E-state index in [2.05, 4.69) is 5.32 Å². The van der Waals surface area contributed by atoms with Crippen molar-refractivity contribution in [1.82, 2.24) is 0 Å². The molecule has 0 aromatic heterocycles. The molecule has 3 N–H and O–H groups in total. The van der Waals surface area contributed by atoms with Gasteiger partial charge in [0, 0.05) is 23.4 Å². The van der Waals surface area contributed by atoms with Crippen molar-refractivity contribution in [1.29, 1.82) is 0 Å². The number of rotatable bonds is 5. The fourth-order valence-electron chi connectivity index (χ4n) is 1.67. The van der Waals surface area contributed by atoms with Crippen molar-refractivity contribution in [3.63, 3.8) is 0 Å². The van der Waals surface area contributed by atoms with Gasteiger partial charge in [-0.1, -0.05) is 36.4 Å². The van der Waals surface area contributed by atoms with E-state index in [4.69, 9.17) is 5.21 Å². The van der Waals surface area contributed by atoms with Gasteiger partial charge < -0.3 is 10.5 Å². The van der Waals surface area contributed by atoms with Gasteiger partial charge in [0.1, 0.15) is 0 Å². The number of carbonyl (C=O) groups is 1. The number of nitrogens with one attached hydrogen (secondary N) is 2. The summed E-state index contributed by atoms with van der Waals surface area (Å²) in [6.45, 7) is 0.132. The lowest BCUT2D eigenvalue weighted by Gasteiger charge is -2.13. The summed E-state index contributed by atoms with van der Waals surface area (Å²) in [6.07, 6.45) is 0. The van der Waals surface area contributed by atoms with Crippen molar-refractivity contribution in [2.24, 2.45) is 0 Å². The molecule has 0 aliphatic rings. The number of Topliss-reactive ketones (excluding diaryl/α,β-unsaturated/α-hetero) is 1. The first-order valence-corrected chi connectivity index (χ1v) is 5.82. The minimum Gasteiger partial charge on any atom is -0.595 e. The Kier molecular flexibility index (Phi) is 4.25. The Hall–Kier alpha value is -2.21. The SMILES string of the molecule is O=C(CNc1cccc([NH+]([O-])O)c1)c1ccccc1. The molecule has 0 spiro atoms. The van der Waals surface area contributed by atoms with Crippen molar-refractivity contribution in [3.8, 4) is 0 Å². The highest BCUT2D eigenvalue weighted by molar-refractivity contribution is 5.98. The van der Waals surface area contributed by atoms with Crippen molar-refractivity contribution >= 4 is 17.2 Å². The summed E-state index contributed by atoms with van der Waals surface area (Å²) in [5, 5.41) is 21.6. The van der Waals surface area contributed by atoms with E-state index in [9.17, 15) is 10.0 Å². The Morgan fingerprint density at radius 2 is 1.89 bits per heavy atom. The van der Waals surface area contributed by atoms with E-state index in [0.29, 0.717) is 11.3 Å². The third-order valence-corrected chi connectivity index (χ3v) is 2.66. The van der Waals surface area contributed by atoms with E-state index in [1.165, 1.54) is 12.1 Å². The minimum atomic E-state index is -0.988. The minimum absolute atomic E-state index is 0.0404. The Labute approximate surface area is 110 Å². The second-order valence-electron chi connectivity index (χ2n) is 4.03. The Balaban J connectivity index is 1.99. The first-order valence-electron chi connectivity index (χ1n) is 5.82. The summed E-state index contributed by atoms with van der Waals surface area (Å²) in [4.78, 5) is 11.9. The van der Waals surface area contributed by atoms with Gasteiger partial charge in [-0.2, -0.15) is 5.23 Å². The summed E-state index contributed by atoms with van der Waals surface area (Å²) in [6, 6.07) is 15.3. The van der Waals surface area contributed by atoms with Crippen molar-refractivity contribution in [2.75, 3.05) is 11.9 Å². The van der Waals surface area contributed by atoms with E-state index < -0.39 is 5.23 Å². The maximum absolute atomic E-state index is 11.9. The second kappa shape index (κ2) is 6.10. The zero-order valence-electron chi connectivity index (χ0n) is 10.2. The monoisotopic (exact) mass is 258 g/mol. The fourth-order valence-corrected chi connectivity index (χ4v) is 1.67. The van der Waals surface area contributed by atoms with Gasteiger partial charge in [-0.15, -0.1) is 0 Å². The Morgan fingerprint density at radius 3 is 2.58 bits per heavy atom. The second-order valence-corrected chi connectivity index (χ2v) is 4.03. The van der Waals surface area contributed by atoms with Crippen LogP contribution in [-0.2, 0) is 0 Å². The van der Waals surface area contributed by atoms with E-state index in [0.717, 1.165) is 0 Å². The maximum Gasteiger partial charge on any atom is 0.181 e. The van der Waals surface area contributed by atoms with Crippen molar-refractivity contribution in [2.45, 2.75) is 0 Å². The number of quaternary nitrogens is 1.